The maximum absolute atomic E-state index is 13.3. The molecule has 6 heteroatoms. The number of hydrogen-bond acceptors (Lipinski definition) is 4. The molecule has 2 amide bonds. The molecule has 1 atom stereocenters. The predicted molar refractivity (Wildman–Crippen MR) is 129 cm³/mol. The fourth-order valence-electron chi connectivity index (χ4n) is 3.48. The molecule has 0 spiro atoms. The maximum atomic E-state index is 13.3. The van der Waals surface area contributed by atoms with Crippen molar-refractivity contribution in [2.75, 3.05) is 7.11 Å². The molecule has 1 heterocycles. The van der Waals surface area contributed by atoms with Crippen molar-refractivity contribution < 1.29 is 18.7 Å². The third-order valence-corrected chi connectivity index (χ3v) is 5.13. The van der Waals surface area contributed by atoms with Crippen LogP contribution in [0.2, 0.25) is 0 Å². The lowest BCUT2D eigenvalue weighted by Crippen LogP contribution is -2.37. The van der Waals surface area contributed by atoms with E-state index in [4.69, 9.17) is 9.15 Å². The molecule has 0 aliphatic rings. The van der Waals surface area contributed by atoms with Crippen LogP contribution in [0, 0.1) is 12.8 Å². The average Bonchev–Trinajstić information content (AvgIpc) is 3.31. The van der Waals surface area contributed by atoms with E-state index >= 15 is 0 Å². The number of aryl methyl sites for hydroxylation is 1. The molecule has 172 valence electrons. The summed E-state index contributed by atoms with van der Waals surface area (Å²) < 4.78 is 10.6. The molecule has 0 aliphatic carbocycles. The van der Waals surface area contributed by atoms with Gasteiger partial charge in [0.1, 0.15) is 17.2 Å². The third kappa shape index (κ3) is 6.84. The number of amides is 2. The van der Waals surface area contributed by atoms with Crippen molar-refractivity contribution in [2.24, 2.45) is 5.92 Å². The number of methoxy groups -OCH3 is 1. The lowest BCUT2D eigenvalue weighted by Gasteiger charge is -2.22. The summed E-state index contributed by atoms with van der Waals surface area (Å²) in [5, 5.41) is 5.84. The lowest BCUT2D eigenvalue weighted by molar-refractivity contribution is -0.118. The van der Waals surface area contributed by atoms with Crippen molar-refractivity contribution in [1.29, 1.82) is 0 Å². The number of hydrogen-bond donors (Lipinski definition) is 2. The van der Waals surface area contributed by atoms with Gasteiger partial charge in [-0.25, -0.2) is 0 Å². The quantitative estimate of drug-likeness (QED) is 0.439. The summed E-state index contributed by atoms with van der Waals surface area (Å²) in [6, 6.07) is 18.0. The van der Waals surface area contributed by atoms with Gasteiger partial charge in [-0.3, -0.25) is 9.59 Å². The van der Waals surface area contributed by atoms with E-state index in [1.807, 2.05) is 43.3 Å². The van der Waals surface area contributed by atoms with Gasteiger partial charge in [-0.2, -0.15) is 0 Å². The second kappa shape index (κ2) is 11.2. The highest BCUT2D eigenvalue weighted by atomic mass is 16.5. The summed E-state index contributed by atoms with van der Waals surface area (Å²) in [6.07, 6.45) is 3.78. The number of furan rings is 1. The van der Waals surface area contributed by atoms with Crippen molar-refractivity contribution in [3.05, 3.63) is 95.1 Å². The second-order valence-electron chi connectivity index (χ2n) is 8.33. The van der Waals surface area contributed by atoms with E-state index in [9.17, 15) is 9.59 Å². The molecule has 2 N–H and O–H groups in total. The Bertz CT molecular complexity index is 1100. The molecule has 1 aromatic heterocycles. The van der Waals surface area contributed by atoms with Crippen molar-refractivity contribution in [1.82, 2.24) is 10.6 Å². The third-order valence-electron chi connectivity index (χ3n) is 5.13. The van der Waals surface area contributed by atoms with Crippen LogP contribution >= 0.6 is 0 Å². The summed E-state index contributed by atoms with van der Waals surface area (Å²) in [7, 11) is 1.62. The molecule has 33 heavy (non-hydrogen) atoms. The van der Waals surface area contributed by atoms with Gasteiger partial charge in [0.05, 0.1) is 19.4 Å². The van der Waals surface area contributed by atoms with Crippen LogP contribution in [-0.4, -0.2) is 18.9 Å². The highest BCUT2D eigenvalue weighted by Gasteiger charge is 2.21. The monoisotopic (exact) mass is 446 g/mol. The number of ether oxygens (including phenoxy) is 1. The van der Waals surface area contributed by atoms with Gasteiger partial charge in [-0.05, 0) is 61.2 Å². The van der Waals surface area contributed by atoms with Crippen molar-refractivity contribution in [2.45, 2.75) is 33.2 Å². The van der Waals surface area contributed by atoms with Crippen LogP contribution in [-0.2, 0) is 4.79 Å². The van der Waals surface area contributed by atoms with Crippen LogP contribution in [0.5, 0.6) is 5.75 Å². The van der Waals surface area contributed by atoms with Crippen LogP contribution in [0.15, 0.2) is 77.0 Å². The minimum atomic E-state index is -0.395. The normalized spacial score (nSPS) is 12.3. The van der Waals surface area contributed by atoms with Crippen LogP contribution in [0.4, 0.5) is 0 Å². The largest absolute Gasteiger partial charge is 0.497 e. The van der Waals surface area contributed by atoms with Gasteiger partial charge < -0.3 is 19.8 Å². The fraction of sp³-hybridized carbons (Fsp3) is 0.259. The predicted octanol–water partition coefficient (Wildman–Crippen LogP) is 5.27. The molecular formula is C27H30N2O4. The molecule has 0 aliphatic heterocycles. The lowest BCUT2D eigenvalue weighted by atomic mass is 9.96. The first kappa shape index (κ1) is 23.9. The van der Waals surface area contributed by atoms with Gasteiger partial charge in [0.25, 0.3) is 11.8 Å². The summed E-state index contributed by atoms with van der Waals surface area (Å²) >= 11 is 0. The minimum Gasteiger partial charge on any atom is -0.497 e. The molecule has 3 aromatic rings. The molecule has 0 bridgehead atoms. The average molecular weight is 447 g/mol. The fourth-order valence-corrected chi connectivity index (χ4v) is 3.48. The van der Waals surface area contributed by atoms with Gasteiger partial charge in [0.2, 0.25) is 0 Å². The summed E-state index contributed by atoms with van der Waals surface area (Å²) in [5.74, 6) is 0.800. The SMILES string of the molecule is COc1ccc([C@H](CC(C)C)NC(=O)/C(=C/c2ccco2)NC(=O)c2cccc(C)c2)cc1. The van der Waals surface area contributed by atoms with E-state index in [2.05, 4.69) is 24.5 Å². The first-order valence-corrected chi connectivity index (χ1v) is 10.9. The molecule has 0 radical (unpaired) electrons. The van der Waals surface area contributed by atoms with E-state index in [-0.39, 0.29) is 17.6 Å². The first-order chi connectivity index (χ1) is 15.9. The first-order valence-electron chi connectivity index (χ1n) is 10.9. The molecule has 6 nitrogen and oxygen atoms in total. The Labute approximate surface area is 194 Å². The van der Waals surface area contributed by atoms with Gasteiger partial charge in [-0.1, -0.05) is 43.7 Å². The van der Waals surface area contributed by atoms with Gasteiger partial charge >= 0.3 is 0 Å². The Balaban J connectivity index is 1.86. The van der Waals surface area contributed by atoms with Crippen molar-refractivity contribution in [3.8, 4) is 5.75 Å². The van der Waals surface area contributed by atoms with Crippen LogP contribution in [0.1, 0.15) is 53.6 Å². The number of carbonyl (C=O) groups is 2. The smallest absolute Gasteiger partial charge is 0.268 e. The summed E-state index contributed by atoms with van der Waals surface area (Å²) in [4.78, 5) is 26.2. The van der Waals surface area contributed by atoms with Gasteiger partial charge in [-0.15, -0.1) is 0 Å². The second-order valence-corrected chi connectivity index (χ2v) is 8.33. The van der Waals surface area contributed by atoms with Crippen molar-refractivity contribution in [3.63, 3.8) is 0 Å². The van der Waals surface area contributed by atoms with E-state index in [1.165, 1.54) is 12.3 Å². The zero-order chi connectivity index (χ0) is 23.8. The van der Waals surface area contributed by atoms with Gasteiger partial charge in [0.15, 0.2) is 0 Å². The molecule has 0 unspecified atom stereocenters. The van der Waals surface area contributed by atoms with Crippen LogP contribution in [0.3, 0.4) is 0 Å². The van der Waals surface area contributed by atoms with E-state index in [0.717, 1.165) is 23.3 Å². The molecule has 0 saturated carbocycles. The summed E-state index contributed by atoms with van der Waals surface area (Å²) in [5.41, 5.74) is 2.50. The Morgan fingerprint density at radius 3 is 2.42 bits per heavy atom. The summed E-state index contributed by atoms with van der Waals surface area (Å²) in [6.45, 7) is 6.11. The molecule has 0 fully saturated rings. The molecule has 2 aromatic carbocycles. The Hall–Kier alpha value is -3.80. The zero-order valence-electron chi connectivity index (χ0n) is 19.4. The van der Waals surface area contributed by atoms with E-state index < -0.39 is 5.91 Å². The Morgan fingerprint density at radius 1 is 1.06 bits per heavy atom. The zero-order valence-corrected chi connectivity index (χ0v) is 19.4. The van der Waals surface area contributed by atoms with E-state index in [0.29, 0.717) is 17.2 Å². The van der Waals surface area contributed by atoms with Crippen molar-refractivity contribution >= 4 is 17.9 Å². The standard InChI is InChI=1S/C27H30N2O4/c1-18(2)15-24(20-10-12-22(32-4)13-11-20)28-27(31)25(17-23-9-6-14-33-23)29-26(30)21-8-5-7-19(3)16-21/h5-14,16-18,24H,15H2,1-4H3,(H,28,31)(H,29,30)/b25-17-/t24-/m0/s1. The van der Waals surface area contributed by atoms with E-state index in [1.54, 1.807) is 31.4 Å². The Kier molecular flexibility index (Phi) is 8.08. The molecular weight excluding hydrogens is 416 g/mol. The van der Waals surface area contributed by atoms with Crippen LogP contribution < -0.4 is 15.4 Å². The minimum absolute atomic E-state index is 0.110. The number of rotatable bonds is 9. The highest BCUT2D eigenvalue weighted by molar-refractivity contribution is 6.05. The molecule has 3 rings (SSSR count). The number of benzene rings is 2. The van der Waals surface area contributed by atoms with Gasteiger partial charge in [0, 0.05) is 11.6 Å². The maximum Gasteiger partial charge on any atom is 0.268 e. The number of carbonyl (C=O) groups excluding carboxylic acids is 2. The highest BCUT2D eigenvalue weighted by Crippen LogP contribution is 2.24. The Morgan fingerprint density at radius 2 is 1.82 bits per heavy atom. The molecule has 0 saturated heterocycles. The topological polar surface area (TPSA) is 80.6 Å². The number of nitrogens with one attached hydrogen (secondary N) is 2. The van der Waals surface area contributed by atoms with Crippen LogP contribution in [0.25, 0.3) is 6.08 Å².